The molecule has 0 aromatic rings. The Morgan fingerprint density at radius 1 is 1.42 bits per heavy atom. The summed E-state index contributed by atoms with van der Waals surface area (Å²) >= 11 is 5.12. The zero-order valence-corrected chi connectivity index (χ0v) is 13.0. The maximum Gasteiger partial charge on any atom is 2.00 e. The van der Waals surface area contributed by atoms with Gasteiger partial charge >= 0.3 is 19.5 Å². The van der Waals surface area contributed by atoms with E-state index in [9.17, 15) is 9.79 Å². The molecular weight excluding hydrogens is 265 g/mol. The van der Waals surface area contributed by atoms with Crippen LogP contribution in [-0.4, -0.2) is 5.75 Å². The topological polar surface area (TPSA) is 46.1 Å². The van der Waals surface area contributed by atoms with Gasteiger partial charge in [-0.15, -0.1) is 11.8 Å². The molecule has 0 radical (unpaired) electrons. The molecule has 68 valence electrons. The first kappa shape index (κ1) is 16.0. The van der Waals surface area contributed by atoms with Crippen LogP contribution in [0.25, 0.3) is 0 Å². The molecule has 0 bridgehead atoms. The minimum Gasteiger partial charge on any atom is -0.825 e. The molecule has 0 amide bonds. The molecule has 0 spiro atoms. The SMILES string of the molecule is CC(C)CCCSP([O-])([O-])=S.[Zn+2]. The zero-order chi connectivity index (χ0) is 8.91. The molecule has 0 saturated carbocycles. The smallest absolute Gasteiger partial charge is 0.825 e. The molecule has 12 heavy (non-hydrogen) atoms. The molecule has 0 aliphatic rings. The van der Waals surface area contributed by atoms with Crippen LogP contribution in [0.1, 0.15) is 26.7 Å². The molecule has 0 aliphatic heterocycles. The third-order valence-electron chi connectivity index (χ3n) is 1.18. The molecule has 0 N–H and O–H groups in total. The summed E-state index contributed by atoms with van der Waals surface area (Å²) in [5.41, 5.74) is -3.48. The Hall–Kier alpha value is 1.54. The quantitative estimate of drug-likeness (QED) is 0.429. The van der Waals surface area contributed by atoms with Crippen molar-refractivity contribution >= 4 is 28.9 Å². The Morgan fingerprint density at radius 3 is 2.25 bits per heavy atom. The van der Waals surface area contributed by atoms with Gasteiger partial charge in [0.05, 0.1) is 0 Å². The summed E-state index contributed by atoms with van der Waals surface area (Å²) in [4.78, 5) is 21.0. The molecular formula is C6H13O2PS2Zn. The molecule has 0 aromatic carbocycles. The van der Waals surface area contributed by atoms with Crippen molar-refractivity contribution in [3.63, 3.8) is 0 Å². The van der Waals surface area contributed by atoms with E-state index in [1.807, 2.05) is 0 Å². The minimum atomic E-state index is -3.48. The minimum absolute atomic E-state index is 0. The molecule has 6 heteroatoms. The number of rotatable bonds is 5. The standard InChI is InChI=1S/C6H15O2PS2.Zn/c1-6(2)4-3-5-11-9(7,8)10;/h6H,3-5H2,1-2H3,(H2,7,8,10);/q;+2/p-2. The third-order valence-corrected chi connectivity index (χ3v) is 4.41. The molecule has 0 unspecified atom stereocenters. The molecule has 0 rings (SSSR count). The maximum absolute atomic E-state index is 10.5. The van der Waals surface area contributed by atoms with E-state index < -0.39 is 5.69 Å². The van der Waals surface area contributed by atoms with E-state index in [2.05, 4.69) is 25.7 Å². The second kappa shape index (κ2) is 7.90. The average Bonchev–Trinajstić information content (AvgIpc) is 1.78. The Balaban J connectivity index is 0. The van der Waals surface area contributed by atoms with E-state index in [4.69, 9.17) is 0 Å². The van der Waals surface area contributed by atoms with Gasteiger partial charge < -0.3 is 9.79 Å². The Bertz CT molecular complexity index is 148. The second-order valence-corrected chi connectivity index (χ2v) is 8.73. The van der Waals surface area contributed by atoms with Crippen molar-refractivity contribution in [1.82, 2.24) is 0 Å². The van der Waals surface area contributed by atoms with E-state index in [0.717, 1.165) is 24.2 Å². The van der Waals surface area contributed by atoms with E-state index >= 15 is 0 Å². The first-order chi connectivity index (χ1) is 4.92. The van der Waals surface area contributed by atoms with Crippen LogP contribution in [0, 0.1) is 5.92 Å². The number of hydrogen-bond donors (Lipinski definition) is 0. The van der Waals surface area contributed by atoms with Gasteiger partial charge in [0.1, 0.15) is 0 Å². The summed E-state index contributed by atoms with van der Waals surface area (Å²) < 4.78 is 0. The first-order valence-electron chi connectivity index (χ1n) is 3.58. The summed E-state index contributed by atoms with van der Waals surface area (Å²) in [6.07, 6.45) is 2.01. The van der Waals surface area contributed by atoms with Gasteiger partial charge in [-0.3, -0.25) is 0 Å². The molecule has 0 saturated heterocycles. The third kappa shape index (κ3) is 14.1. The zero-order valence-electron chi connectivity index (χ0n) is 7.49. The number of hydrogen-bond acceptors (Lipinski definition) is 4. The van der Waals surface area contributed by atoms with E-state index in [0.29, 0.717) is 11.7 Å². The first-order valence-corrected chi connectivity index (χ1v) is 7.81. The van der Waals surface area contributed by atoms with Crippen LogP contribution in [0.2, 0.25) is 0 Å². The van der Waals surface area contributed by atoms with Crippen LogP contribution in [0.15, 0.2) is 0 Å². The summed E-state index contributed by atoms with van der Waals surface area (Å²) in [5, 5.41) is 0. The van der Waals surface area contributed by atoms with Gasteiger partial charge in [-0.1, -0.05) is 20.3 Å². The predicted molar refractivity (Wildman–Crippen MR) is 50.8 cm³/mol. The molecule has 0 fully saturated rings. The molecule has 0 heterocycles. The van der Waals surface area contributed by atoms with Crippen molar-refractivity contribution in [3.05, 3.63) is 0 Å². The largest absolute Gasteiger partial charge is 2.00 e. The molecule has 0 aromatic heterocycles. The van der Waals surface area contributed by atoms with Gasteiger partial charge in [0.2, 0.25) is 0 Å². The second-order valence-electron chi connectivity index (χ2n) is 2.82. The van der Waals surface area contributed by atoms with Crippen molar-refractivity contribution in [2.45, 2.75) is 26.7 Å². The van der Waals surface area contributed by atoms with Gasteiger partial charge in [0, 0.05) is 0 Å². The van der Waals surface area contributed by atoms with E-state index in [-0.39, 0.29) is 19.5 Å². The van der Waals surface area contributed by atoms with Gasteiger partial charge in [-0.2, -0.15) is 17.1 Å². The normalized spacial score (nSPS) is 11.4. The monoisotopic (exact) mass is 276 g/mol. The van der Waals surface area contributed by atoms with Crippen molar-refractivity contribution in [1.29, 1.82) is 0 Å². The van der Waals surface area contributed by atoms with Crippen LogP contribution in [-0.2, 0) is 31.3 Å². The fraction of sp³-hybridized carbons (Fsp3) is 1.00. The summed E-state index contributed by atoms with van der Waals surface area (Å²) in [6, 6.07) is 0. The van der Waals surface area contributed by atoms with Gasteiger partial charge in [-0.05, 0) is 18.1 Å². The molecule has 2 nitrogen and oxygen atoms in total. The van der Waals surface area contributed by atoms with Gasteiger partial charge in [0.15, 0.2) is 0 Å². The fourth-order valence-corrected chi connectivity index (χ4v) is 2.92. The van der Waals surface area contributed by atoms with Crippen LogP contribution in [0.4, 0.5) is 0 Å². The predicted octanol–water partition coefficient (Wildman–Crippen LogP) is 1.10. The van der Waals surface area contributed by atoms with Crippen molar-refractivity contribution < 1.29 is 29.3 Å². The van der Waals surface area contributed by atoms with Crippen molar-refractivity contribution in [2.75, 3.05) is 5.75 Å². The molecule has 0 atom stereocenters. The Kier molecular flexibility index (Phi) is 10.5. The Morgan fingerprint density at radius 2 is 1.92 bits per heavy atom. The van der Waals surface area contributed by atoms with Gasteiger partial charge in [-0.25, -0.2) is 0 Å². The van der Waals surface area contributed by atoms with Crippen LogP contribution in [0.3, 0.4) is 0 Å². The van der Waals surface area contributed by atoms with Gasteiger partial charge in [0.25, 0.3) is 0 Å². The average molecular weight is 278 g/mol. The van der Waals surface area contributed by atoms with Crippen LogP contribution >= 0.6 is 17.1 Å². The molecule has 0 aliphatic carbocycles. The van der Waals surface area contributed by atoms with Crippen LogP contribution < -0.4 is 9.79 Å². The van der Waals surface area contributed by atoms with Crippen LogP contribution in [0.5, 0.6) is 0 Å². The summed E-state index contributed by atoms with van der Waals surface area (Å²) in [6.45, 7) is 4.24. The van der Waals surface area contributed by atoms with Crippen molar-refractivity contribution in [3.8, 4) is 0 Å². The Labute approximate surface area is 96.2 Å². The maximum atomic E-state index is 10.5. The van der Waals surface area contributed by atoms with E-state index in [1.54, 1.807) is 0 Å². The summed E-state index contributed by atoms with van der Waals surface area (Å²) in [7, 11) is 0. The fourth-order valence-electron chi connectivity index (χ4n) is 0.668. The van der Waals surface area contributed by atoms with Crippen molar-refractivity contribution in [2.24, 2.45) is 5.92 Å². The van der Waals surface area contributed by atoms with E-state index in [1.165, 1.54) is 0 Å². The summed E-state index contributed by atoms with van der Waals surface area (Å²) in [5.74, 6) is 1.29.